The third-order valence-corrected chi connectivity index (χ3v) is 4.97. The first kappa shape index (κ1) is 28.3. The molecule has 0 saturated heterocycles. The summed E-state index contributed by atoms with van der Waals surface area (Å²) >= 11 is 4.21. The van der Waals surface area contributed by atoms with Crippen LogP contribution in [0.1, 0.15) is 64.3 Å². The van der Waals surface area contributed by atoms with Gasteiger partial charge in [-0.3, -0.25) is 9.59 Å². The van der Waals surface area contributed by atoms with Crippen LogP contribution >= 0.6 is 12.6 Å². The van der Waals surface area contributed by atoms with E-state index in [9.17, 15) is 19.6 Å². The van der Waals surface area contributed by atoms with E-state index in [1.807, 2.05) is 52.8 Å². The van der Waals surface area contributed by atoms with Gasteiger partial charge >= 0.3 is 6.09 Å². The Balaban J connectivity index is 3.42. The molecule has 0 radical (unpaired) electrons. The standard InChI is InChI=1S/C24H36N4O4S/c1-15-9-10-17(13-16(15)2)19(20(29)27-23(3,4)5)28(12-11-25)21(30)18(14-33)26-22(31)32-24(6,7)8/h9-10,13,18-19,33H,12,14H2,1-8H3,(H,26,31)(H,27,29). The summed E-state index contributed by atoms with van der Waals surface area (Å²) in [5.41, 5.74) is 1.23. The van der Waals surface area contributed by atoms with Crippen LogP contribution in [0.5, 0.6) is 0 Å². The number of benzene rings is 1. The SMILES string of the molecule is Cc1ccc(C(C(=O)NC(C)(C)C)N(CC#N)C(=O)C(CS)NC(=O)OC(C)(C)C)cc1C. The zero-order chi connectivity index (χ0) is 25.6. The first-order chi connectivity index (χ1) is 15.1. The monoisotopic (exact) mass is 476 g/mol. The average molecular weight is 477 g/mol. The Bertz CT molecular complexity index is 913. The minimum atomic E-state index is -1.09. The molecule has 1 aromatic rings. The van der Waals surface area contributed by atoms with Crippen molar-refractivity contribution in [2.75, 3.05) is 12.3 Å². The topological polar surface area (TPSA) is 112 Å². The molecule has 2 N–H and O–H groups in total. The second kappa shape index (κ2) is 11.4. The molecule has 0 spiro atoms. The molecule has 1 rings (SSSR count). The highest BCUT2D eigenvalue weighted by atomic mass is 32.1. The summed E-state index contributed by atoms with van der Waals surface area (Å²) in [5, 5.41) is 14.9. The molecule has 1 aromatic carbocycles. The zero-order valence-electron chi connectivity index (χ0n) is 20.8. The number of aryl methyl sites for hydroxylation is 2. The van der Waals surface area contributed by atoms with E-state index in [0.29, 0.717) is 5.56 Å². The van der Waals surface area contributed by atoms with Gasteiger partial charge < -0.3 is 20.3 Å². The van der Waals surface area contributed by atoms with E-state index in [4.69, 9.17) is 4.74 Å². The van der Waals surface area contributed by atoms with Crippen molar-refractivity contribution in [2.24, 2.45) is 0 Å². The van der Waals surface area contributed by atoms with Crippen LogP contribution in [0.25, 0.3) is 0 Å². The average Bonchev–Trinajstić information content (AvgIpc) is 2.65. The lowest BCUT2D eigenvalue weighted by Crippen LogP contribution is -2.55. The molecule has 9 heteroatoms. The number of thiol groups is 1. The van der Waals surface area contributed by atoms with Crippen molar-refractivity contribution in [1.29, 1.82) is 5.26 Å². The van der Waals surface area contributed by atoms with Crippen molar-refractivity contribution in [3.63, 3.8) is 0 Å². The fourth-order valence-corrected chi connectivity index (χ4v) is 3.30. The first-order valence-corrected chi connectivity index (χ1v) is 11.4. The Morgan fingerprint density at radius 2 is 1.73 bits per heavy atom. The Labute approximate surface area is 202 Å². The summed E-state index contributed by atoms with van der Waals surface area (Å²) in [6.07, 6.45) is -0.784. The van der Waals surface area contributed by atoms with Gasteiger partial charge in [0.25, 0.3) is 0 Å². The fourth-order valence-electron chi connectivity index (χ4n) is 3.05. The van der Waals surface area contributed by atoms with Gasteiger partial charge in [-0.15, -0.1) is 0 Å². The van der Waals surface area contributed by atoms with Crippen LogP contribution in [0.3, 0.4) is 0 Å². The maximum absolute atomic E-state index is 13.5. The predicted octanol–water partition coefficient (Wildman–Crippen LogP) is 3.43. The number of rotatable bonds is 7. The number of carbonyl (C=O) groups excluding carboxylic acids is 3. The largest absolute Gasteiger partial charge is 0.444 e. The number of nitrogens with one attached hydrogen (secondary N) is 2. The lowest BCUT2D eigenvalue weighted by molar-refractivity contribution is -0.141. The van der Waals surface area contributed by atoms with Gasteiger partial charge in [-0.1, -0.05) is 18.2 Å². The zero-order valence-corrected chi connectivity index (χ0v) is 21.7. The molecule has 8 nitrogen and oxygen atoms in total. The normalized spacial score (nSPS) is 13.3. The molecule has 0 heterocycles. The highest BCUT2D eigenvalue weighted by molar-refractivity contribution is 7.80. The summed E-state index contributed by atoms with van der Waals surface area (Å²) in [5.74, 6) is -1.07. The Morgan fingerprint density at radius 1 is 1.12 bits per heavy atom. The third-order valence-electron chi connectivity index (χ3n) is 4.60. The molecule has 182 valence electrons. The highest BCUT2D eigenvalue weighted by Crippen LogP contribution is 2.25. The molecule has 0 aliphatic rings. The van der Waals surface area contributed by atoms with E-state index in [-0.39, 0.29) is 12.3 Å². The summed E-state index contributed by atoms with van der Waals surface area (Å²) in [7, 11) is 0. The highest BCUT2D eigenvalue weighted by Gasteiger charge is 2.37. The summed E-state index contributed by atoms with van der Waals surface area (Å²) < 4.78 is 5.25. The lowest BCUT2D eigenvalue weighted by atomic mass is 9.97. The molecule has 0 aromatic heterocycles. The second-order valence-electron chi connectivity index (χ2n) is 9.99. The molecular weight excluding hydrogens is 440 g/mol. The number of alkyl carbamates (subject to hydrolysis) is 1. The predicted molar refractivity (Wildman–Crippen MR) is 131 cm³/mol. The molecular formula is C24H36N4O4S. The quantitative estimate of drug-likeness (QED) is 0.412. The summed E-state index contributed by atoms with van der Waals surface area (Å²) in [4.78, 5) is 40.3. The van der Waals surface area contributed by atoms with Gasteiger partial charge in [0, 0.05) is 11.3 Å². The van der Waals surface area contributed by atoms with Gasteiger partial charge in [0.15, 0.2) is 0 Å². The molecule has 2 unspecified atom stereocenters. The van der Waals surface area contributed by atoms with Crippen molar-refractivity contribution in [2.45, 2.75) is 78.6 Å². The lowest BCUT2D eigenvalue weighted by Gasteiger charge is -2.34. The van der Waals surface area contributed by atoms with E-state index in [2.05, 4.69) is 23.3 Å². The minimum absolute atomic E-state index is 0.0411. The van der Waals surface area contributed by atoms with Crippen LogP contribution in [0.15, 0.2) is 18.2 Å². The Morgan fingerprint density at radius 3 is 2.18 bits per heavy atom. The molecule has 0 fully saturated rings. The number of carbonyl (C=O) groups is 3. The number of nitriles is 1. The smallest absolute Gasteiger partial charge is 0.408 e. The third kappa shape index (κ3) is 8.97. The minimum Gasteiger partial charge on any atom is -0.444 e. The van der Waals surface area contributed by atoms with Gasteiger partial charge in [0.1, 0.15) is 24.2 Å². The van der Waals surface area contributed by atoms with Gasteiger partial charge in [-0.25, -0.2) is 4.79 Å². The first-order valence-electron chi connectivity index (χ1n) is 10.8. The number of hydrogen-bond donors (Lipinski definition) is 3. The molecule has 0 aliphatic carbocycles. The summed E-state index contributed by atoms with van der Waals surface area (Å²) in [6, 6.07) is 5.27. The molecule has 0 aliphatic heterocycles. The van der Waals surface area contributed by atoms with E-state index in [1.54, 1.807) is 26.8 Å². The van der Waals surface area contributed by atoms with Gasteiger partial charge in [-0.05, 0) is 72.1 Å². The van der Waals surface area contributed by atoms with Gasteiger partial charge in [0.05, 0.1) is 6.07 Å². The number of amides is 3. The number of hydrogen-bond acceptors (Lipinski definition) is 6. The second-order valence-corrected chi connectivity index (χ2v) is 10.4. The maximum Gasteiger partial charge on any atom is 0.408 e. The van der Waals surface area contributed by atoms with E-state index < -0.39 is 41.1 Å². The van der Waals surface area contributed by atoms with Crippen LogP contribution in [0.4, 0.5) is 4.79 Å². The Hall–Kier alpha value is -2.73. The van der Waals surface area contributed by atoms with E-state index >= 15 is 0 Å². The van der Waals surface area contributed by atoms with E-state index in [0.717, 1.165) is 11.1 Å². The van der Waals surface area contributed by atoms with Crippen molar-refractivity contribution in [3.05, 3.63) is 34.9 Å². The van der Waals surface area contributed by atoms with E-state index in [1.165, 1.54) is 4.90 Å². The van der Waals surface area contributed by atoms with Gasteiger partial charge in [0.2, 0.25) is 11.8 Å². The van der Waals surface area contributed by atoms with Crippen molar-refractivity contribution in [1.82, 2.24) is 15.5 Å². The van der Waals surface area contributed by atoms with Crippen LogP contribution in [-0.4, -0.2) is 52.3 Å². The number of ether oxygens (including phenoxy) is 1. The van der Waals surface area contributed by atoms with Crippen molar-refractivity contribution < 1.29 is 19.1 Å². The van der Waals surface area contributed by atoms with Crippen LogP contribution in [-0.2, 0) is 14.3 Å². The summed E-state index contributed by atoms with van der Waals surface area (Å²) in [6.45, 7) is 14.1. The maximum atomic E-state index is 13.5. The molecule has 0 bridgehead atoms. The van der Waals surface area contributed by atoms with Crippen molar-refractivity contribution in [3.8, 4) is 6.07 Å². The van der Waals surface area contributed by atoms with Crippen molar-refractivity contribution >= 4 is 30.5 Å². The van der Waals surface area contributed by atoms with Gasteiger partial charge in [-0.2, -0.15) is 17.9 Å². The molecule has 33 heavy (non-hydrogen) atoms. The van der Waals surface area contributed by atoms with Crippen LogP contribution in [0, 0.1) is 25.2 Å². The van der Waals surface area contributed by atoms with Crippen LogP contribution < -0.4 is 10.6 Å². The van der Waals surface area contributed by atoms with Crippen LogP contribution in [0.2, 0.25) is 0 Å². The fraction of sp³-hybridized carbons (Fsp3) is 0.583. The molecule has 3 amide bonds. The molecule has 2 atom stereocenters. The Kier molecular flexibility index (Phi) is 9.79. The number of nitrogens with zero attached hydrogens (tertiary/aromatic N) is 2. The molecule has 0 saturated carbocycles.